The molecule has 0 spiro atoms. The Hall–Kier alpha value is -1.76. The van der Waals surface area contributed by atoms with E-state index in [1.54, 1.807) is 6.08 Å². The number of hydrogen-bond donors (Lipinski definition) is 0. The molecule has 0 aromatic heterocycles. The van der Waals surface area contributed by atoms with E-state index in [-0.39, 0.29) is 37.5 Å². The summed E-state index contributed by atoms with van der Waals surface area (Å²) in [7, 11) is 0. The Bertz CT molecular complexity index is 501. The summed E-state index contributed by atoms with van der Waals surface area (Å²) < 4.78 is 10.5. The highest BCUT2D eigenvalue weighted by Crippen LogP contribution is 2.11. The molecule has 0 aliphatic rings. The molecule has 1 atom stereocenters. The van der Waals surface area contributed by atoms with Gasteiger partial charge in [0.15, 0.2) is 6.61 Å². The van der Waals surface area contributed by atoms with Crippen molar-refractivity contribution in [2.45, 2.75) is 123 Å². The second-order valence-corrected chi connectivity index (χ2v) is 7.85. The van der Waals surface area contributed by atoms with Crippen LogP contribution in [0.3, 0.4) is 0 Å². The van der Waals surface area contributed by atoms with Crippen LogP contribution in [0.15, 0.2) is 12.7 Å². The number of carbonyl (C=O) groups is 2. The summed E-state index contributed by atoms with van der Waals surface area (Å²) in [5, 5.41) is 0. The van der Waals surface area contributed by atoms with Crippen molar-refractivity contribution in [3.63, 3.8) is 0 Å². The largest absolute Gasteiger partial charge is 0.458 e. The number of hydrogen-bond acceptors (Lipinski definition) is 4. The van der Waals surface area contributed by atoms with Gasteiger partial charge in [-0.1, -0.05) is 96.1 Å². The van der Waals surface area contributed by atoms with Crippen molar-refractivity contribution in [3.05, 3.63) is 12.7 Å². The monoisotopic (exact) mass is 420 g/mol. The third kappa shape index (κ3) is 19.6. The van der Waals surface area contributed by atoms with Crippen LogP contribution in [0.1, 0.15) is 117 Å². The maximum atomic E-state index is 11.9. The molecule has 0 saturated heterocycles. The van der Waals surface area contributed by atoms with Crippen molar-refractivity contribution in [2.24, 2.45) is 0 Å². The molecular formula is C26H44O4. The van der Waals surface area contributed by atoms with Crippen molar-refractivity contribution in [1.29, 1.82) is 0 Å². The van der Waals surface area contributed by atoms with Gasteiger partial charge in [-0.05, 0) is 25.7 Å². The van der Waals surface area contributed by atoms with Gasteiger partial charge in [0, 0.05) is 19.3 Å². The Morgan fingerprint density at radius 1 is 0.800 bits per heavy atom. The Kier molecular flexibility index (Phi) is 20.7. The van der Waals surface area contributed by atoms with Gasteiger partial charge in [0.2, 0.25) is 0 Å². The molecule has 0 saturated carbocycles. The molecule has 0 bridgehead atoms. The fourth-order valence-corrected chi connectivity index (χ4v) is 3.10. The molecule has 0 N–H and O–H groups in total. The third-order valence-corrected chi connectivity index (χ3v) is 4.99. The normalized spacial score (nSPS) is 11.3. The smallest absolute Gasteiger partial charge is 0.306 e. The van der Waals surface area contributed by atoms with Crippen LogP contribution in [0.5, 0.6) is 0 Å². The fourth-order valence-electron chi connectivity index (χ4n) is 3.10. The van der Waals surface area contributed by atoms with E-state index in [1.165, 1.54) is 44.9 Å². The van der Waals surface area contributed by atoms with Crippen LogP contribution in [0.4, 0.5) is 0 Å². The number of carbonyl (C=O) groups excluding carboxylic acids is 2. The molecule has 0 aliphatic heterocycles. The first-order chi connectivity index (χ1) is 14.6. The lowest BCUT2D eigenvalue weighted by Gasteiger charge is -2.13. The van der Waals surface area contributed by atoms with Gasteiger partial charge >= 0.3 is 11.9 Å². The van der Waals surface area contributed by atoms with Gasteiger partial charge < -0.3 is 9.47 Å². The van der Waals surface area contributed by atoms with Crippen molar-refractivity contribution < 1.29 is 19.1 Å². The first-order valence-electron chi connectivity index (χ1n) is 12.1. The predicted molar refractivity (Wildman–Crippen MR) is 124 cm³/mol. The molecule has 0 heterocycles. The zero-order valence-corrected chi connectivity index (χ0v) is 19.5. The highest BCUT2D eigenvalue weighted by atomic mass is 16.5. The maximum Gasteiger partial charge on any atom is 0.306 e. The number of esters is 2. The molecule has 0 aliphatic carbocycles. The fraction of sp³-hybridized carbons (Fsp3) is 0.769. The van der Waals surface area contributed by atoms with Gasteiger partial charge in [0.25, 0.3) is 0 Å². The quantitative estimate of drug-likeness (QED) is 0.0985. The van der Waals surface area contributed by atoms with E-state index in [0.29, 0.717) is 6.42 Å². The predicted octanol–water partition coefficient (Wildman–Crippen LogP) is 6.91. The van der Waals surface area contributed by atoms with E-state index >= 15 is 0 Å². The highest BCUT2D eigenvalue weighted by Gasteiger charge is 2.12. The van der Waals surface area contributed by atoms with E-state index in [4.69, 9.17) is 9.47 Å². The zero-order chi connectivity index (χ0) is 22.3. The molecule has 0 aromatic rings. The van der Waals surface area contributed by atoms with E-state index in [1.807, 2.05) is 0 Å². The Morgan fingerprint density at radius 3 is 2.07 bits per heavy atom. The number of rotatable bonds is 19. The first kappa shape index (κ1) is 28.2. The van der Waals surface area contributed by atoms with E-state index in [9.17, 15) is 9.59 Å². The summed E-state index contributed by atoms with van der Waals surface area (Å²) in [5.41, 5.74) is 0. The van der Waals surface area contributed by atoms with Gasteiger partial charge in [-0.25, -0.2) is 0 Å². The lowest BCUT2D eigenvalue weighted by molar-refractivity contribution is -0.147. The Labute approximate surface area is 185 Å². The minimum absolute atomic E-state index is 0.135. The molecule has 0 radical (unpaired) electrons. The van der Waals surface area contributed by atoms with Crippen LogP contribution in [0.25, 0.3) is 0 Å². The van der Waals surface area contributed by atoms with Gasteiger partial charge in [0.1, 0.15) is 6.10 Å². The Balaban J connectivity index is 3.62. The summed E-state index contributed by atoms with van der Waals surface area (Å²) in [6.45, 7) is 8.23. The maximum absolute atomic E-state index is 11.9. The van der Waals surface area contributed by atoms with Gasteiger partial charge in [0.05, 0.1) is 0 Å². The lowest BCUT2D eigenvalue weighted by atomic mass is 10.1. The average Bonchev–Trinajstić information content (AvgIpc) is 2.74. The average molecular weight is 421 g/mol. The van der Waals surface area contributed by atoms with Gasteiger partial charge in [-0.15, -0.1) is 0 Å². The standard InChI is InChI=1S/C26H44O4/c1-4-7-9-10-11-12-13-14-15-16-18-23-29-25(27)21-19-22-26(28)30-24(6-3)20-17-8-5-2/h6,24H,3-5,7-15,17,19-23H2,1-2H3. The Morgan fingerprint density at radius 2 is 1.40 bits per heavy atom. The SMILES string of the molecule is C=CC(CCCCC)OC(=O)CCCC(=O)OCC#CCCCCCCCCCC. The van der Waals surface area contributed by atoms with Crippen LogP contribution < -0.4 is 0 Å². The summed E-state index contributed by atoms with van der Waals surface area (Å²) in [6.07, 6.45) is 17.5. The van der Waals surface area contributed by atoms with E-state index < -0.39 is 0 Å². The van der Waals surface area contributed by atoms with Crippen molar-refractivity contribution in [3.8, 4) is 11.8 Å². The molecule has 4 heteroatoms. The molecule has 30 heavy (non-hydrogen) atoms. The lowest BCUT2D eigenvalue weighted by Crippen LogP contribution is -2.16. The second-order valence-electron chi connectivity index (χ2n) is 7.85. The van der Waals surface area contributed by atoms with Crippen LogP contribution in [0, 0.1) is 11.8 Å². The van der Waals surface area contributed by atoms with Crippen molar-refractivity contribution in [1.82, 2.24) is 0 Å². The minimum Gasteiger partial charge on any atom is -0.458 e. The summed E-state index contributed by atoms with van der Waals surface area (Å²) in [4.78, 5) is 23.6. The summed E-state index contributed by atoms with van der Waals surface area (Å²) in [5.74, 6) is 5.37. The van der Waals surface area contributed by atoms with E-state index in [2.05, 4.69) is 32.3 Å². The van der Waals surface area contributed by atoms with Crippen LogP contribution in [-0.2, 0) is 19.1 Å². The second kappa shape index (κ2) is 21.9. The molecule has 4 nitrogen and oxygen atoms in total. The third-order valence-electron chi connectivity index (χ3n) is 4.99. The van der Waals surface area contributed by atoms with Crippen molar-refractivity contribution >= 4 is 11.9 Å². The van der Waals surface area contributed by atoms with Gasteiger partial charge in [-0.2, -0.15) is 0 Å². The molecule has 0 rings (SSSR count). The van der Waals surface area contributed by atoms with Crippen molar-refractivity contribution in [2.75, 3.05) is 6.61 Å². The molecule has 1 unspecified atom stereocenters. The van der Waals surface area contributed by atoms with Crippen LogP contribution in [-0.4, -0.2) is 24.6 Å². The molecule has 0 amide bonds. The summed E-state index contributed by atoms with van der Waals surface area (Å²) >= 11 is 0. The van der Waals surface area contributed by atoms with E-state index in [0.717, 1.165) is 38.5 Å². The molecular weight excluding hydrogens is 376 g/mol. The number of ether oxygens (including phenoxy) is 2. The van der Waals surface area contributed by atoms with Crippen LogP contribution in [0.2, 0.25) is 0 Å². The zero-order valence-electron chi connectivity index (χ0n) is 19.5. The first-order valence-corrected chi connectivity index (χ1v) is 12.1. The molecule has 172 valence electrons. The topological polar surface area (TPSA) is 52.6 Å². The summed E-state index contributed by atoms with van der Waals surface area (Å²) in [6, 6.07) is 0. The molecule has 0 aromatic carbocycles. The highest BCUT2D eigenvalue weighted by molar-refractivity contribution is 5.72. The van der Waals surface area contributed by atoms with Gasteiger partial charge in [-0.3, -0.25) is 9.59 Å². The minimum atomic E-state index is -0.313. The molecule has 0 fully saturated rings. The number of unbranched alkanes of at least 4 members (excludes halogenated alkanes) is 10. The van der Waals surface area contributed by atoms with Crippen LogP contribution >= 0.6 is 0 Å².